The quantitative estimate of drug-likeness (QED) is 0.0810. The number of hydrogen-bond acceptors (Lipinski definition) is 14. The number of nitrogens with zero attached hydrogens (tertiary/aromatic N) is 3. The third kappa shape index (κ3) is 9.72. The highest BCUT2D eigenvalue weighted by Gasteiger charge is 2.24. The van der Waals surface area contributed by atoms with Gasteiger partial charge in [0.1, 0.15) is 63.1 Å². The lowest BCUT2D eigenvalue weighted by Crippen LogP contribution is -2.35. The topological polar surface area (TPSA) is 257 Å². The predicted octanol–water partition coefficient (Wildman–Crippen LogP) is 2.55. The van der Waals surface area contributed by atoms with E-state index in [0.717, 1.165) is 21.6 Å². The lowest BCUT2D eigenvalue weighted by molar-refractivity contribution is -0.138. The number of oxazole rings is 1. The minimum Gasteiger partial charge on any atom is -0.488 e. The van der Waals surface area contributed by atoms with Crippen LogP contribution in [-0.4, -0.2) is 107 Å². The summed E-state index contributed by atoms with van der Waals surface area (Å²) in [6.07, 6.45) is 1.08. The first-order chi connectivity index (χ1) is 23.7. The van der Waals surface area contributed by atoms with E-state index in [2.05, 4.69) is 4.98 Å². The number of carbonyl (C=O) groups is 6. The van der Waals surface area contributed by atoms with Crippen LogP contribution in [0.25, 0.3) is 22.6 Å². The number of carboxylic acid groups (broad SMARTS) is 4. The fourth-order valence-corrected chi connectivity index (χ4v) is 4.65. The summed E-state index contributed by atoms with van der Waals surface area (Å²) in [5, 5.41) is 38.0. The molecule has 4 rings (SSSR count). The van der Waals surface area contributed by atoms with Crippen LogP contribution in [0.4, 0.5) is 11.4 Å². The van der Waals surface area contributed by atoms with Gasteiger partial charge in [-0.3, -0.25) is 24.0 Å². The maximum atomic E-state index is 12.2. The van der Waals surface area contributed by atoms with Crippen molar-refractivity contribution in [2.75, 3.05) is 55.8 Å². The normalized spacial score (nSPS) is 10.8. The largest absolute Gasteiger partial charge is 0.488 e. The smallest absolute Gasteiger partial charge is 0.376 e. The highest BCUT2D eigenvalue weighted by Crippen LogP contribution is 2.37. The van der Waals surface area contributed by atoms with Crippen molar-refractivity contribution in [3.8, 4) is 23.1 Å². The summed E-state index contributed by atoms with van der Waals surface area (Å²) in [5.41, 5.74) is 1.14. The van der Waals surface area contributed by atoms with Gasteiger partial charge in [0.15, 0.2) is 11.5 Å². The molecule has 0 aliphatic rings. The number of esters is 1. The second-order valence-corrected chi connectivity index (χ2v) is 10.7. The zero-order valence-corrected chi connectivity index (χ0v) is 26.6. The molecule has 0 radical (unpaired) electrons. The van der Waals surface area contributed by atoms with Gasteiger partial charge in [-0.2, -0.15) is 0 Å². The molecule has 0 bridgehead atoms. The first-order valence-corrected chi connectivity index (χ1v) is 14.6. The van der Waals surface area contributed by atoms with E-state index in [0.29, 0.717) is 5.39 Å². The third-order valence-corrected chi connectivity index (χ3v) is 6.62. The van der Waals surface area contributed by atoms with Gasteiger partial charge in [0.05, 0.1) is 17.6 Å². The number of benzene rings is 2. The molecular weight excluding hydrogens is 666 g/mol. The first kappa shape index (κ1) is 36.2. The molecule has 0 saturated carbocycles. The lowest BCUT2D eigenvalue weighted by Gasteiger charge is -2.25. The Morgan fingerprint density at radius 1 is 0.740 bits per heavy atom. The number of aromatic nitrogens is 1. The standard InChI is InChI=1S/C32H31N3O15/c1-17-3-4-20(34(12-27(37)38)13-28(39)40)23(7-17)46-5-6-47-24-8-19-9-25(31-33-11-26(50-31)32(45)48-16-18(2)36)49-22(19)10-21(24)35(14-29(41)42)15-30(43)44/h3-4,7-11H,5-6,12-16H2,1-2H3,(H,37,38)(H,39,40)(H,41,42)(H,43,44). The summed E-state index contributed by atoms with van der Waals surface area (Å²) in [5.74, 6) is -6.65. The van der Waals surface area contributed by atoms with Gasteiger partial charge < -0.3 is 53.3 Å². The number of aryl methyl sites for hydroxylation is 1. The van der Waals surface area contributed by atoms with E-state index in [1.165, 1.54) is 31.2 Å². The monoisotopic (exact) mass is 697 g/mol. The maximum Gasteiger partial charge on any atom is 0.376 e. The van der Waals surface area contributed by atoms with Crippen LogP contribution in [0.2, 0.25) is 0 Å². The molecule has 0 amide bonds. The van der Waals surface area contributed by atoms with Crippen molar-refractivity contribution < 1.29 is 72.2 Å². The van der Waals surface area contributed by atoms with Crippen molar-refractivity contribution in [1.82, 2.24) is 4.98 Å². The molecule has 0 fully saturated rings. The summed E-state index contributed by atoms with van der Waals surface area (Å²) >= 11 is 0. The molecule has 4 N–H and O–H groups in total. The number of furan rings is 1. The van der Waals surface area contributed by atoms with Crippen molar-refractivity contribution in [2.45, 2.75) is 13.8 Å². The zero-order chi connectivity index (χ0) is 36.5. The molecule has 2 aromatic carbocycles. The van der Waals surface area contributed by atoms with Gasteiger partial charge in [-0.05, 0) is 43.7 Å². The predicted molar refractivity (Wildman–Crippen MR) is 170 cm³/mol. The number of ether oxygens (including phenoxy) is 3. The Balaban J connectivity index is 1.62. The van der Waals surface area contributed by atoms with Crippen LogP contribution in [0.15, 0.2) is 51.4 Å². The second kappa shape index (κ2) is 16.0. The van der Waals surface area contributed by atoms with Crippen LogP contribution < -0.4 is 19.3 Å². The Labute approximate surface area is 282 Å². The Bertz CT molecular complexity index is 1900. The van der Waals surface area contributed by atoms with Gasteiger partial charge in [-0.15, -0.1) is 0 Å². The van der Waals surface area contributed by atoms with Gasteiger partial charge in [0.2, 0.25) is 5.76 Å². The molecule has 50 heavy (non-hydrogen) atoms. The van der Waals surface area contributed by atoms with E-state index in [4.69, 9.17) is 23.0 Å². The Morgan fingerprint density at radius 2 is 1.30 bits per heavy atom. The van der Waals surface area contributed by atoms with Crippen LogP contribution in [0.3, 0.4) is 0 Å². The van der Waals surface area contributed by atoms with Crippen molar-refractivity contribution in [3.05, 3.63) is 53.9 Å². The highest BCUT2D eigenvalue weighted by atomic mass is 16.5. The SMILES string of the molecule is CC(=O)COC(=O)c1cnc(-c2cc3cc(OCCOc4cc(C)ccc4N(CC(=O)O)CC(=O)O)c(N(CC(=O)O)CC(=O)O)cc3o2)o1. The molecule has 2 heterocycles. The van der Waals surface area contributed by atoms with Crippen LogP contribution in [0.1, 0.15) is 23.0 Å². The Kier molecular flexibility index (Phi) is 11.6. The molecule has 0 aliphatic heterocycles. The molecule has 4 aromatic rings. The van der Waals surface area contributed by atoms with Gasteiger partial charge >= 0.3 is 29.8 Å². The molecule has 0 saturated heterocycles. The summed E-state index contributed by atoms with van der Waals surface area (Å²) in [6.45, 7) is -0.476. The minimum atomic E-state index is -1.33. The van der Waals surface area contributed by atoms with Gasteiger partial charge in [0, 0.05) is 11.5 Å². The number of carbonyl (C=O) groups excluding carboxylic acids is 2. The minimum absolute atomic E-state index is 0.0365. The molecular formula is C32H31N3O15. The Hall–Kier alpha value is -6.59. The van der Waals surface area contributed by atoms with E-state index in [1.54, 1.807) is 19.1 Å². The maximum absolute atomic E-state index is 12.2. The summed E-state index contributed by atoms with van der Waals surface area (Å²) < 4.78 is 27.9. The summed E-state index contributed by atoms with van der Waals surface area (Å²) in [7, 11) is 0. The van der Waals surface area contributed by atoms with E-state index in [9.17, 15) is 49.2 Å². The van der Waals surface area contributed by atoms with Crippen molar-refractivity contribution in [2.24, 2.45) is 0 Å². The number of carboxylic acids is 4. The van der Waals surface area contributed by atoms with Crippen molar-refractivity contribution in [1.29, 1.82) is 0 Å². The number of fused-ring (bicyclic) bond motifs is 1. The summed E-state index contributed by atoms with van der Waals surface area (Å²) in [4.78, 5) is 75.6. The van der Waals surface area contributed by atoms with E-state index < -0.39 is 62.6 Å². The molecule has 18 nitrogen and oxygen atoms in total. The van der Waals surface area contributed by atoms with Crippen LogP contribution >= 0.6 is 0 Å². The third-order valence-electron chi connectivity index (χ3n) is 6.62. The molecule has 18 heteroatoms. The first-order valence-electron chi connectivity index (χ1n) is 14.6. The molecule has 264 valence electrons. The van der Waals surface area contributed by atoms with E-state index >= 15 is 0 Å². The number of hydrogen-bond donors (Lipinski definition) is 4. The van der Waals surface area contributed by atoms with E-state index in [1.807, 2.05) is 0 Å². The molecule has 0 aliphatic carbocycles. The van der Waals surface area contributed by atoms with Gasteiger partial charge in [0.25, 0.3) is 5.89 Å². The number of aliphatic carboxylic acids is 4. The molecule has 0 atom stereocenters. The van der Waals surface area contributed by atoms with Gasteiger partial charge in [-0.1, -0.05) is 6.07 Å². The average molecular weight is 698 g/mol. The van der Waals surface area contributed by atoms with Crippen LogP contribution in [-0.2, 0) is 28.7 Å². The molecule has 0 unspecified atom stereocenters. The lowest BCUT2D eigenvalue weighted by atomic mass is 10.2. The zero-order valence-electron chi connectivity index (χ0n) is 26.6. The van der Waals surface area contributed by atoms with Gasteiger partial charge in [-0.25, -0.2) is 9.78 Å². The number of anilines is 2. The second-order valence-electron chi connectivity index (χ2n) is 10.7. The van der Waals surface area contributed by atoms with Crippen molar-refractivity contribution >= 4 is 58.0 Å². The number of Topliss-reactive ketones (excluding diaryl/α,β-unsaturated/α-hetero) is 1. The number of ketones is 1. The van der Waals surface area contributed by atoms with E-state index in [-0.39, 0.29) is 64.9 Å². The fourth-order valence-electron chi connectivity index (χ4n) is 4.65. The molecule has 0 spiro atoms. The van der Waals surface area contributed by atoms with Crippen LogP contribution in [0.5, 0.6) is 11.5 Å². The fraction of sp³-hybridized carbons (Fsp3) is 0.281. The number of rotatable bonds is 19. The highest BCUT2D eigenvalue weighted by molar-refractivity contribution is 5.91. The summed E-state index contributed by atoms with van der Waals surface area (Å²) in [6, 6.07) is 9.08. The Morgan fingerprint density at radius 3 is 1.86 bits per heavy atom. The van der Waals surface area contributed by atoms with Crippen molar-refractivity contribution in [3.63, 3.8) is 0 Å². The van der Waals surface area contributed by atoms with Crippen LogP contribution in [0, 0.1) is 6.92 Å². The molecule has 2 aromatic heterocycles. The average Bonchev–Trinajstić information content (AvgIpc) is 3.67.